The van der Waals surface area contributed by atoms with Crippen LogP contribution in [0.4, 0.5) is 0 Å². The molecule has 136 valence electrons. The molecule has 0 spiro atoms. The van der Waals surface area contributed by atoms with E-state index in [4.69, 9.17) is 23.2 Å². The van der Waals surface area contributed by atoms with E-state index in [-0.39, 0.29) is 5.92 Å². The molecule has 0 heterocycles. The molecule has 0 saturated heterocycles. The molecule has 3 unspecified atom stereocenters. The van der Waals surface area contributed by atoms with Gasteiger partial charge in [0.25, 0.3) is 0 Å². The van der Waals surface area contributed by atoms with Gasteiger partial charge in [-0.15, -0.1) is 0 Å². The van der Waals surface area contributed by atoms with Crippen molar-refractivity contribution >= 4 is 29.2 Å². The topological polar surface area (TPSA) is 37.3 Å². The van der Waals surface area contributed by atoms with Crippen LogP contribution in [0.3, 0.4) is 0 Å². The summed E-state index contributed by atoms with van der Waals surface area (Å²) in [7, 11) is 0. The third-order valence-electron chi connectivity index (χ3n) is 5.21. The lowest BCUT2D eigenvalue weighted by molar-refractivity contribution is -0.142. The second-order valence-electron chi connectivity index (χ2n) is 7.00. The fourth-order valence-corrected chi connectivity index (χ4v) is 3.94. The molecule has 0 aliphatic heterocycles. The lowest BCUT2D eigenvalue weighted by Crippen LogP contribution is -2.22. The van der Waals surface area contributed by atoms with Gasteiger partial charge in [0.2, 0.25) is 0 Å². The minimum atomic E-state index is -0.651. The summed E-state index contributed by atoms with van der Waals surface area (Å²) < 4.78 is 0. The van der Waals surface area contributed by atoms with E-state index in [2.05, 4.69) is 20.4 Å². The van der Waals surface area contributed by atoms with Gasteiger partial charge in [0, 0.05) is 10.1 Å². The molecule has 2 nitrogen and oxygen atoms in total. The molecule has 0 aromatic carbocycles. The lowest BCUT2D eigenvalue weighted by Gasteiger charge is -2.29. The van der Waals surface area contributed by atoms with Crippen LogP contribution in [0.15, 0.2) is 33.9 Å². The van der Waals surface area contributed by atoms with Gasteiger partial charge in [-0.2, -0.15) is 0 Å². The number of carboxylic acids is 1. The van der Waals surface area contributed by atoms with E-state index in [9.17, 15) is 9.90 Å². The van der Waals surface area contributed by atoms with Crippen molar-refractivity contribution < 1.29 is 9.90 Å². The molecule has 3 atom stereocenters. The van der Waals surface area contributed by atoms with E-state index in [1.165, 1.54) is 0 Å². The Hall–Kier alpha value is -0.730. The van der Waals surface area contributed by atoms with Gasteiger partial charge in [0.15, 0.2) is 0 Å². The Balaban J connectivity index is 2.84. The second kappa shape index (κ2) is 10.3. The Morgan fingerprint density at radius 1 is 1.25 bits per heavy atom. The van der Waals surface area contributed by atoms with Gasteiger partial charge in [-0.25, -0.2) is 0 Å². The molecule has 1 rings (SSSR count). The predicted octanol–water partition coefficient (Wildman–Crippen LogP) is 6.90. The predicted molar refractivity (Wildman–Crippen MR) is 103 cm³/mol. The summed E-state index contributed by atoms with van der Waals surface area (Å²) >= 11 is 12.8. The largest absolute Gasteiger partial charge is 0.481 e. The highest BCUT2D eigenvalue weighted by Gasteiger charge is 2.27. The molecule has 1 aliphatic carbocycles. The van der Waals surface area contributed by atoms with E-state index in [0.29, 0.717) is 16.9 Å². The van der Waals surface area contributed by atoms with Gasteiger partial charge < -0.3 is 5.11 Å². The summed E-state index contributed by atoms with van der Waals surface area (Å²) in [6, 6.07) is 0. The van der Waals surface area contributed by atoms with E-state index in [0.717, 1.165) is 61.1 Å². The highest BCUT2D eigenvalue weighted by Crippen LogP contribution is 2.38. The Labute approximate surface area is 156 Å². The number of carboxylic acid groups (broad SMARTS) is 1. The number of allylic oxidation sites excluding steroid dienone is 5. The van der Waals surface area contributed by atoms with E-state index < -0.39 is 5.97 Å². The van der Waals surface area contributed by atoms with Crippen LogP contribution >= 0.6 is 23.2 Å². The highest BCUT2D eigenvalue weighted by molar-refractivity contribution is 6.35. The monoisotopic (exact) mass is 372 g/mol. The van der Waals surface area contributed by atoms with Gasteiger partial charge in [-0.05, 0) is 68.9 Å². The van der Waals surface area contributed by atoms with Crippen LogP contribution in [0.1, 0.15) is 65.7 Å². The Kier molecular flexibility index (Phi) is 9.15. The number of hydrogen-bond acceptors (Lipinski definition) is 1. The lowest BCUT2D eigenvalue weighted by atomic mass is 9.76. The van der Waals surface area contributed by atoms with Crippen molar-refractivity contribution in [2.75, 3.05) is 0 Å². The minimum absolute atomic E-state index is 0.186. The number of aliphatic carboxylic acids is 1. The van der Waals surface area contributed by atoms with E-state index in [1.54, 1.807) is 0 Å². The summed E-state index contributed by atoms with van der Waals surface area (Å²) in [4.78, 5) is 11.2. The summed E-state index contributed by atoms with van der Waals surface area (Å²) in [5, 5.41) is 10.7. The van der Waals surface area contributed by atoms with Crippen molar-refractivity contribution in [1.29, 1.82) is 0 Å². The van der Waals surface area contributed by atoms with Crippen LogP contribution in [-0.2, 0) is 4.79 Å². The maximum Gasteiger partial charge on any atom is 0.306 e. The third kappa shape index (κ3) is 6.64. The van der Waals surface area contributed by atoms with Crippen LogP contribution in [-0.4, -0.2) is 11.1 Å². The first-order chi connectivity index (χ1) is 11.3. The van der Waals surface area contributed by atoms with Crippen LogP contribution in [0.25, 0.3) is 0 Å². The first-order valence-corrected chi connectivity index (χ1v) is 9.65. The minimum Gasteiger partial charge on any atom is -0.481 e. The van der Waals surface area contributed by atoms with Crippen molar-refractivity contribution in [3.05, 3.63) is 33.9 Å². The van der Waals surface area contributed by atoms with E-state index in [1.807, 2.05) is 13.0 Å². The molecule has 0 bridgehead atoms. The Morgan fingerprint density at radius 2 is 1.92 bits per heavy atom. The molecule has 1 fully saturated rings. The van der Waals surface area contributed by atoms with Crippen molar-refractivity contribution in [3.63, 3.8) is 0 Å². The zero-order valence-electron chi connectivity index (χ0n) is 15.1. The van der Waals surface area contributed by atoms with Crippen molar-refractivity contribution in [2.45, 2.75) is 65.7 Å². The quantitative estimate of drug-likeness (QED) is 0.515. The summed E-state index contributed by atoms with van der Waals surface area (Å²) in [5.74, 6) is 0.119. The average molecular weight is 373 g/mol. The first kappa shape index (κ1) is 21.3. The number of rotatable bonds is 6. The second-order valence-corrected chi connectivity index (χ2v) is 7.98. The maximum atomic E-state index is 11.2. The fraction of sp³-hybridized carbons (Fsp3) is 0.650. The normalized spacial score (nSPS) is 27.0. The Morgan fingerprint density at radius 3 is 2.46 bits per heavy atom. The molecule has 0 aromatic heterocycles. The van der Waals surface area contributed by atoms with Gasteiger partial charge in [-0.3, -0.25) is 4.79 Å². The molecular formula is C20H30Cl2O2. The maximum absolute atomic E-state index is 11.2. The van der Waals surface area contributed by atoms with Crippen LogP contribution in [0, 0.1) is 17.8 Å². The van der Waals surface area contributed by atoms with Crippen molar-refractivity contribution in [2.24, 2.45) is 17.8 Å². The zero-order valence-corrected chi connectivity index (χ0v) is 16.6. The van der Waals surface area contributed by atoms with Gasteiger partial charge in [-0.1, -0.05) is 55.6 Å². The van der Waals surface area contributed by atoms with Crippen molar-refractivity contribution in [3.8, 4) is 0 Å². The van der Waals surface area contributed by atoms with Gasteiger partial charge in [0.1, 0.15) is 0 Å². The van der Waals surface area contributed by atoms with Gasteiger partial charge in [0.05, 0.1) is 5.92 Å². The molecule has 1 N–H and O–H groups in total. The van der Waals surface area contributed by atoms with Crippen LogP contribution in [0.2, 0.25) is 0 Å². The number of carbonyl (C=O) groups is 1. The molecule has 1 aliphatic rings. The molecule has 0 amide bonds. The number of hydrogen-bond donors (Lipinski definition) is 1. The summed E-state index contributed by atoms with van der Waals surface area (Å²) in [6.07, 6.45) is 8.08. The smallest absolute Gasteiger partial charge is 0.306 e. The standard InChI is InChI=1S/C20H30Cl2O2/c1-5-13(2)11-19(22)18(15(4)21)12-17-8-6-7-16(20(23)24)10-9-14(17)3/h11,14,16-17H,2,5-10,12H2,1,3-4H3,(H,23,24). The fourth-order valence-electron chi connectivity index (χ4n) is 3.34. The molecular weight excluding hydrogens is 343 g/mol. The van der Waals surface area contributed by atoms with Crippen LogP contribution in [0.5, 0.6) is 0 Å². The molecule has 0 radical (unpaired) electrons. The summed E-state index contributed by atoms with van der Waals surface area (Å²) in [6.45, 7) is 10.1. The first-order valence-electron chi connectivity index (χ1n) is 8.89. The third-order valence-corrected chi connectivity index (χ3v) is 5.77. The van der Waals surface area contributed by atoms with Gasteiger partial charge >= 0.3 is 5.97 Å². The zero-order chi connectivity index (χ0) is 18.3. The molecule has 4 heteroatoms. The Bertz CT molecular complexity index is 516. The summed E-state index contributed by atoms with van der Waals surface area (Å²) in [5.41, 5.74) is 1.99. The van der Waals surface area contributed by atoms with E-state index >= 15 is 0 Å². The molecule has 24 heavy (non-hydrogen) atoms. The number of halogens is 2. The van der Waals surface area contributed by atoms with Crippen LogP contribution < -0.4 is 0 Å². The van der Waals surface area contributed by atoms with Crippen molar-refractivity contribution in [1.82, 2.24) is 0 Å². The molecule has 0 aromatic rings. The SMILES string of the molecule is C=C(C=C(Cl)C(CC1CCCC(C(=O)O)CCC1C)=C(C)Cl)CC. The average Bonchev–Trinajstić information content (AvgIpc) is 2.49. The molecule has 1 saturated carbocycles. The highest BCUT2D eigenvalue weighted by atomic mass is 35.5.